The molecule has 0 bridgehead atoms. The topological polar surface area (TPSA) is 35.6 Å². The Hall–Kier alpha value is -0.620. The van der Waals surface area contributed by atoms with Crippen LogP contribution in [0.4, 0.5) is 0 Å². The van der Waals surface area contributed by atoms with E-state index in [0.29, 0.717) is 6.04 Å². The Morgan fingerprint density at radius 1 is 1.17 bits per heavy atom. The lowest BCUT2D eigenvalue weighted by Gasteiger charge is -2.32. The molecule has 0 aromatic heterocycles. The molecule has 2 fully saturated rings. The number of rotatable bonds is 2. The van der Waals surface area contributed by atoms with Crippen molar-refractivity contribution >= 4 is 34.2 Å². The molecule has 1 aromatic rings. The van der Waals surface area contributed by atoms with E-state index in [1.807, 2.05) is 30.9 Å². The maximum atomic E-state index is 12.8. The largest absolute Gasteiger partial charge is 0.337 e. The Kier molecular flexibility index (Phi) is 6.48. The Balaban J connectivity index is 0.00000192. The molecule has 1 aromatic carbocycles. The van der Waals surface area contributed by atoms with E-state index in [9.17, 15) is 4.79 Å². The highest BCUT2D eigenvalue weighted by Crippen LogP contribution is 2.24. The number of halogens is 2. The van der Waals surface area contributed by atoms with Gasteiger partial charge < -0.3 is 10.2 Å². The Morgan fingerprint density at radius 3 is 2.57 bits per heavy atom. The van der Waals surface area contributed by atoms with Crippen molar-refractivity contribution in [3.63, 3.8) is 0 Å². The van der Waals surface area contributed by atoms with Gasteiger partial charge in [-0.3, -0.25) is 9.69 Å². The number of carbonyl (C=O) groups is 1. The molecule has 0 radical (unpaired) electrons. The van der Waals surface area contributed by atoms with Crippen LogP contribution in [0.3, 0.4) is 0 Å². The van der Waals surface area contributed by atoms with E-state index in [0.717, 1.165) is 66.9 Å². The quantitative estimate of drug-likeness (QED) is 0.826. The normalized spacial score (nSPS) is 22.0. The molecule has 128 valence electrons. The van der Waals surface area contributed by atoms with Gasteiger partial charge in [-0.25, -0.2) is 0 Å². The fourth-order valence-electron chi connectivity index (χ4n) is 3.45. The number of nitrogens with zero attached hydrogens (tertiary/aromatic N) is 2. The first-order chi connectivity index (χ1) is 10.6. The van der Waals surface area contributed by atoms with E-state index in [1.165, 1.54) is 0 Å². The summed E-state index contributed by atoms with van der Waals surface area (Å²) in [5, 5.41) is 3.39. The third kappa shape index (κ3) is 4.08. The second-order valence-corrected chi connectivity index (χ2v) is 7.25. The first-order valence-electron chi connectivity index (χ1n) is 8.07. The molecule has 0 aliphatic carbocycles. The van der Waals surface area contributed by atoms with Crippen LogP contribution in [0.25, 0.3) is 0 Å². The first-order valence-corrected chi connectivity index (χ1v) is 8.86. The lowest BCUT2D eigenvalue weighted by atomic mass is 10.0. The Labute approximate surface area is 153 Å². The van der Waals surface area contributed by atoms with Crippen molar-refractivity contribution in [2.75, 3.05) is 39.3 Å². The smallest absolute Gasteiger partial charge is 0.254 e. The highest BCUT2D eigenvalue weighted by molar-refractivity contribution is 9.10. The summed E-state index contributed by atoms with van der Waals surface area (Å²) in [6.07, 6.45) is 1.10. The molecule has 1 atom stereocenters. The van der Waals surface area contributed by atoms with Gasteiger partial charge in [-0.05, 0) is 43.5 Å². The standard InChI is InChI=1S/C17H24BrN3O.ClH/c1-12-10-16(18)13(2)9-15(12)17(22)21-6-3-14(11-21)20-7-4-19-5-8-20;/h9-10,14,19H,3-8,11H2,1-2H3;1H. The van der Waals surface area contributed by atoms with Crippen molar-refractivity contribution in [2.45, 2.75) is 26.3 Å². The predicted octanol–water partition coefficient (Wildman–Crippen LogP) is 2.61. The van der Waals surface area contributed by atoms with Crippen molar-refractivity contribution in [1.29, 1.82) is 0 Å². The Morgan fingerprint density at radius 2 is 1.87 bits per heavy atom. The zero-order chi connectivity index (χ0) is 15.7. The lowest BCUT2D eigenvalue weighted by molar-refractivity contribution is 0.0772. The monoisotopic (exact) mass is 401 g/mol. The van der Waals surface area contributed by atoms with E-state index >= 15 is 0 Å². The van der Waals surface area contributed by atoms with Crippen LogP contribution < -0.4 is 5.32 Å². The number of nitrogens with one attached hydrogen (secondary N) is 1. The number of piperazine rings is 1. The van der Waals surface area contributed by atoms with E-state index in [1.54, 1.807) is 0 Å². The number of likely N-dealkylation sites (tertiary alicyclic amines) is 1. The average Bonchev–Trinajstić information content (AvgIpc) is 3.01. The average molecular weight is 403 g/mol. The highest BCUT2D eigenvalue weighted by atomic mass is 79.9. The van der Waals surface area contributed by atoms with Crippen LogP contribution in [0.2, 0.25) is 0 Å². The fourth-order valence-corrected chi connectivity index (χ4v) is 3.91. The third-order valence-corrected chi connectivity index (χ3v) is 5.71. The van der Waals surface area contributed by atoms with Gasteiger partial charge in [0.15, 0.2) is 0 Å². The molecule has 23 heavy (non-hydrogen) atoms. The summed E-state index contributed by atoms with van der Waals surface area (Å²) in [5.74, 6) is 0.186. The van der Waals surface area contributed by atoms with Crippen molar-refractivity contribution in [2.24, 2.45) is 0 Å². The molecule has 2 aliphatic rings. The van der Waals surface area contributed by atoms with Crippen LogP contribution in [0.5, 0.6) is 0 Å². The van der Waals surface area contributed by atoms with E-state index in [4.69, 9.17) is 0 Å². The Bertz CT molecular complexity index is 575. The zero-order valence-corrected chi connectivity index (χ0v) is 16.2. The van der Waals surface area contributed by atoms with Crippen LogP contribution in [-0.2, 0) is 0 Å². The van der Waals surface area contributed by atoms with Gasteiger partial charge in [0.2, 0.25) is 0 Å². The minimum Gasteiger partial charge on any atom is -0.337 e. The van der Waals surface area contributed by atoms with Crippen LogP contribution in [-0.4, -0.2) is 61.0 Å². The highest BCUT2D eigenvalue weighted by Gasteiger charge is 2.31. The van der Waals surface area contributed by atoms with Crippen molar-refractivity contribution in [3.8, 4) is 0 Å². The SMILES string of the molecule is Cc1cc(C(=O)N2CCC(N3CCNCC3)C2)c(C)cc1Br.Cl. The van der Waals surface area contributed by atoms with Crippen LogP contribution in [0.1, 0.15) is 27.9 Å². The third-order valence-electron chi connectivity index (χ3n) is 4.85. The molecule has 2 heterocycles. The van der Waals surface area contributed by atoms with Gasteiger partial charge in [0.25, 0.3) is 5.91 Å². The van der Waals surface area contributed by atoms with Gasteiger partial charge in [0.1, 0.15) is 0 Å². The molecule has 6 heteroatoms. The predicted molar refractivity (Wildman–Crippen MR) is 99.6 cm³/mol. The molecule has 0 saturated carbocycles. The molecule has 3 rings (SSSR count). The molecule has 4 nitrogen and oxygen atoms in total. The summed E-state index contributed by atoms with van der Waals surface area (Å²) in [6.45, 7) is 10.1. The minimum atomic E-state index is 0. The van der Waals surface area contributed by atoms with Crippen molar-refractivity contribution < 1.29 is 4.79 Å². The molecule has 1 N–H and O–H groups in total. The van der Waals surface area contributed by atoms with Gasteiger partial charge in [-0.1, -0.05) is 15.9 Å². The molecular formula is C17H25BrClN3O. The van der Waals surface area contributed by atoms with Crippen molar-refractivity contribution in [3.05, 3.63) is 33.3 Å². The van der Waals surface area contributed by atoms with E-state index < -0.39 is 0 Å². The second kappa shape index (κ2) is 7.97. The van der Waals surface area contributed by atoms with Gasteiger partial charge in [-0.2, -0.15) is 0 Å². The molecule has 1 amide bonds. The molecule has 1 unspecified atom stereocenters. The van der Waals surface area contributed by atoms with E-state index in [2.05, 4.69) is 26.1 Å². The molecule has 0 spiro atoms. The van der Waals surface area contributed by atoms with Gasteiger partial charge >= 0.3 is 0 Å². The number of hydrogen-bond donors (Lipinski definition) is 1. The zero-order valence-electron chi connectivity index (χ0n) is 13.8. The molecular weight excluding hydrogens is 378 g/mol. The number of amides is 1. The minimum absolute atomic E-state index is 0. The summed E-state index contributed by atoms with van der Waals surface area (Å²) in [7, 11) is 0. The maximum absolute atomic E-state index is 12.8. The lowest BCUT2D eigenvalue weighted by Crippen LogP contribution is -2.49. The van der Waals surface area contributed by atoms with E-state index in [-0.39, 0.29) is 18.3 Å². The summed E-state index contributed by atoms with van der Waals surface area (Å²) in [4.78, 5) is 17.4. The summed E-state index contributed by atoms with van der Waals surface area (Å²) >= 11 is 3.54. The second-order valence-electron chi connectivity index (χ2n) is 6.40. The summed E-state index contributed by atoms with van der Waals surface area (Å²) in [5.41, 5.74) is 3.02. The summed E-state index contributed by atoms with van der Waals surface area (Å²) < 4.78 is 1.07. The number of hydrogen-bond acceptors (Lipinski definition) is 3. The number of aryl methyl sites for hydroxylation is 2. The maximum Gasteiger partial charge on any atom is 0.254 e. The van der Waals surface area contributed by atoms with Crippen LogP contribution >= 0.6 is 28.3 Å². The van der Waals surface area contributed by atoms with Crippen molar-refractivity contribution in [1.82, 2.24) is 15.1 Å². The summed E-state index contributed by atoms with van der Waals surface area (Å²) in [6, 6.07) is 4.59. The first kappa shape index (κ1) is 18.7. The molecule has 2 aliphatic heterocycles. The van der Waals surface area contributed by atoms with Gasteiger partial charge in [0, 0.05) is 55.3 Å². The fraction of sp³-hybridized carbons (Fsp3) is 0.588. The van der Waals surface area contributed by atoms with Gasteiger partial charge in [-0.15, -0.1) is 12.4 Å². The van der Waals surface area contributed by atoms with Crippen LogP contribution in [0, 0.1) is 13.8 Å². The molecule has 2 saturated heterocycles. The van der Waals surface area contributed by atoms with Gasteiger partial charge in [0.05, 0.1) is 0 Å². The van der Waals surface area contributed by atoms with Crippen LogP contribution in [0.15, 0.2) is 16.6 Å². The number of benzene rings is 1. The number of carbonyl (C=O) groups excluding carboxylic acids is 1.